The minimum atomic E-state index is -1.02. The minimum absolute atomic E-state index is 0.120. The molecule has 0 aromatic carbocycles. The molecule has 0 radical (unpaired) electrons. The van der Waals surface area contributed by atoms with Gasteiger partial charge in [0.1, 0.15) is 18.1 Å². The third kappa shape index (κ3) is 2.81. The Morgan fingerprint density at radius 1 is 1.53 bits per heavy atom. The van der Waals surface area contributed by atoms with Gasteiger partial charge in [-0.25, -0.2) is 9.78 Å². The number of aromatic nitrogens is 2. The zero-order chi connectivity index (χ0) is 12.3. The average Bonchev–Trinajstić information content (AvgIpc) is 2.73. The van der Waals surface area contributed by atoms with Gasteiger partial charge in [-0.15, -0.1) is 0 Å². The molecule has 2 aromatic heterocycles. The molecule has 0 saturated heterocycles. The number of hydrogen-bond donors (Lipinski definition) is 1. The minimum Gasteiger partial charge on any atom is -0.478 e. The quantitative estimate of drug-likeness (QED) is 0.865. The molecule has 1 N–H and O–H groups in total. The summed E-state index contributed by atoms with van der Waals surface area (Å²) >= 11 is 0. The molecule has 0 aliphatic carbocycles. The second kappa shape index (κ2) is 4.65. The Morgan fingerprint density at radius 2 is 2.35 bits per heavy atom. The Morgan fingerprint density at radius 3 is 2.88 bits per heavy atom. The van der Waals surface area contributed by atoms with Gasteiger partial charge in [-0.1, -0.05) is 5.16 Å². The number of carboxylic acid groups (broad SMARTS) is 1. The lowest BCUT2D eigenvalue weighted by molar-refractivity contribution is 0.0696. The van der Waals surface area contributed by atoms with E-state index in [9.17, 15) is 4.79 Å². The molecule has 2 heterocycles. The third-order valence-electron chi connectivity index (χ3n) is 2.03. The molecular weight excluding hydrogens is 224 g/mol. The summed E-state index contributed by atoms with van der Waals surface area (Å²) in [6, 6.07) is 4.68. The summed E-state index contributed by atoms with van der Waals surface area (Å²) in [5.74, 6) is 0.0320. The van der Waals surface area contributed by atoms with Gasteiger partial charge in [0.05, 0.1) is 5.56 Å². The molecule has 0 unspecified atom stereocenters. The van der Waals surface area contributed by atoms with E-state index in [4.69, 9.17) is 14.4 Å². The van der Waals surface area contributed by atoms with E-state index < -0.39 is 5.97 Å². The lowest BCUT2D eigenvalue weighted by atomic mass is 10.3. The van der Waals surface area contributed by atoms with Gasteiger partial charge < -0.3 is 14.4 Å². The fourth-order valence-electron chi connectivity index (χ4n) is 1.23. The van der Waals surface area contributed by atoms with Crippen LogP contribution in [0.5, 0.6) is 5.88 Å². The molecular formula is C11H10N2O4. The van der Waals surface area contributed by atoms with Crippen molar-refractivity contribution in [2.24, 2.45) is 0 Å². The monoisotopic (exact) mass is 234 g/mol. The second-order valence-corrected chi connectivity index (χ2v) is 3.41. The van der Waals surface area contributed by atoms with Crippen LogP contribution >= 0.6 is 0 Å². The first-order valence-electron chi connectivity index (χ1n) is 4.89. The van der Waals surface area contributed by atoms with Crippen LogP contribution in [0.4, 0.5) is 0 Å². The van der Waals surface area contributed by atoms with Gasteiger partial charge in [0, 0.05) is 18.3 Å². The van der Waals surface area contributed by atoms with Gasteiger partial charge >= 0.3 is 5.97 Å². The van der Waals surface area contributed by atoms with Crippen molar-refractivity contribution < 1.29 is 19.2 Å². The van der Waals surface area contributed by atoms with Gasteiger partial charge in [0.2, 0.25) is 5.88 Å². The summed E-state index contributed by atoms with van der Waals surface area (Å²) in [7, 11) is 0. The fourth-order valence-corrected chi connectivity index (χ4v) is 1.23. The number of hydrogen-bond acceptors (Lipinski definition) is 5. The molecule has 6 nitrogen and oxygen atoms in total. The highest BCUT2D eigenvalue weighted by Gasteiger charge is 2.05. The van der Waals surface area contributed by atoms with Gasteiger partial charge in [-0.3, -0.25) is 0 Å². The van der Waals surface area contributed by atoms with E-state index in [2.05, 4.69) is 10.1 Å². The van der Waals surface area contributed by atoms with E-state index in [0.29, 0.717) is 17.3 Å². The van der Waals surface area contributed by atoms with Gasteiger partial charge in [-0.2, -0.15) is 0 Å². The Bertz CT molecular complexity index is 519. The van der Waals surface area contributed by atoms with Crippen LogP contribution in [0.3, 0.4) is 0 Å². The van der Waals surface area contributed by atoms with Gasteiger partial charge in [0.25, 0.3) is 0 Å². The zero-order valence-corrected chi connectivity index (χ0v) is 9.08. The maximum atomic E-state index is 10.6. The molecule has 0 atom stereocenters. The highest BCUT2D eigenvalue weighted by atomic mass is 16.5. The Kier molecular flexibility index (Phi) is 3.04. The molecule has 6 heteroatoms. The first-order valence-corrected chi connectivity index (χ1v) is 4.89. The van der Waals surface area contributed by atoms with Crippen LogP contribution in [0, 0.1) is 6.92 Å². The zero-order valence-electron chi connectivity index (χ0n) is 9.08. The molecule has 0 aliphatic heterocycles. The lowest BCUT2D eigenvalue weighted by Gasteiger charge is -2.02. The Labute approximate surface area is 96.8 Å². The van der Waals surface area contributed by atoms with Gasteiger partial charge in [0.15, 0.2) is 0 Å². The molecule has 2 aromatic rings. The highest BCUT2D eigenvalue weighted by Crippen LogP contribution is 2.10. The normalized spacial score (nSPS) is 10.2. The summed E-state index contributed by atoms with van der Waals surface area (Å²) in [5, 5.41) is 12.4. The van der Waals surface area contributed by atoms with Crippen molar-refractivity contribution in [3.05, 3.63) is 41.4 Å². The predicted octanol–water partition coefficient (Wildman–Crippen LogP) is 1.66. The maximum Gasteiger partial charge on any atom is 0.337 e. The van der Waals surface area contributed by atoms with E-state index in [1.165, 1.54) is 18.3 Å². The summed E-state index contributed by atoms with van der Waals surface area (Å²) < 4.78 is 10.2. The second-order valence-electron chi connectivity index (χ2n) is 3.41. The number of pyridine rings is 1. The molecule has 0 aliphatic rings. The highest BCUT2D eigenvalue weighted by molar-refractivity contribution is 5.87. The molecule has 0 amide bonds. The lowest BCUT2D eigenvalue weighted by Crippen LogP contribution is -2.00. The van der Waals surface area contributed by atoms with Crippen LogP contribution in [0.1, 0.15) is 21.8 Å². The van der Waals surface area contributed by atoms with Crippen molar-refractivity contribution in [1.29, 1.82) is 0 Å². The molecule has 0 fully saturated rings. The standard InChI is InChI=1S/C11H10N2O4/c1-7-4-9(13-17-7)6-16-10-3-2-8(5-12-10)11(14)15/h2-5H,6H2,1H3,(H,14,15). The largest absolute Gasteiger partial charge is 0.478 e. The number of carboxylic acids is 1. The van der Waals surface area contributed by atoms with E-state index in [0.717, 1.165) is 0 Å². The molecule has 0 spiro atoms. The summed E-state index contributed by atoms with van der Waals surface area (Å²) in [6.07, 6.45) is 1.24. The van der Waals surface area contributed by atoms with E-state index in [1.807, 2.05) is 0 Å². The average molecular weight is 234 g/mol. The van der Waals surface area contributed by atoms with Crippen molar-refractivity contribution in [3.63, 3.8) is 0 Å². The summed E-state index contributed by atoms with van der Waals surface area (Å²) in [6.45, 7) is 2.02. The summed E-state index contributed by atoms with van der Waals surface area (Å²) in [4.78, 5) is 14.5. The maximum absolute atomic E-state index is 10.6. The van der Waals surface area contributed by atoms with Crippen molar-refractivity contribution in [1.82, 2.24) is 10.1 Å². The van der Waals surface area contributed by atoms with Crippen molar-refractivity contribution in [2.75, 3.05) is 0 Å². The van der Waals surface area contributed by atoms with Crippen molar-refractivity contribution >= 4 is 5.97 Å². The topological polar surface area (TPSA) is 85.5 Å². The number of ether oxygens (including phenoxy) is 1. The number of carbonyl (C=O) groups is 1. The predicted molar refractivity (Wildman–Crippen MR) is 56.8 cm³/mol. The molecule has 0 saturated carbocycles. The van der Waals surface area contributed by atoms with E-state index in [1.54, 1.807) is 13.0 Å². The van der Waals surface area contributed by atoms with Crippen molar-refractivity contribution in [2.45, 2.75) is 13.5 Å². The Balaban J connectivity index is 1.97. The van der Waals surface area contributed by atoms with Crippen LogP contribution in [0.25, 0.3) is 0 Å². The van der Waals surface area contributed by atoms with E-state index in [-0.39, 0.29) is 12.2 Å². The van der Waals surface area contributed by atoms with Crippen LogP contribution in [-0.2, 0) is 6.61 Å². The summed E-state index contributed by atoms with van der Waals surface area (Å²) in [5.41, 5.74) is 0.779. The molecule has 2 rings (SSSR count). The van der Waals surface area contributed by atoms with Crippen LogP contribution < -0.4 is 4.74 Å². The number of aryl methyl sites for hydroxylation is 1. The first-order chi connectivity index (χ1) is 8.15. The number of rotatable bonds is 4. The van der Waals surface area contributed by atoms with Crippen LogP contribution in [0.2, 0.25) is 0 Å². The van der Waals surface area contributed by atoms with Gasteiger partial charge in [-0.05, 0) is 13.0 Å². The van der Waals surface area contributed by atoms with Crippen LogP contribution in [-0.4, -0.2) is 21.2 Å². The Hall–Kier alpha value is -2.37. The smallest absolute Gasteiger partial charge is 0.337 e. The number of nitrogens with zero attached hydrogens (tertiary/aromatic N) is 2. The third-order valence-corrected chi connectivity index (χ3v) is 2.03. The first kappa shape index (κ1) is 11.1. The van der Waals surface area contributed by atoms with Crippen LogP contribution in [0.15, 0.2) is 28.9 Å². The molecule has 0 bridgehead atoms. The van der Waals surface area contributed by atoms with Crippen molar-refractivity contribution in [3.8, 4) is 5.88 Å². The number of aromatic carboxylic acids is 1. The SMILES string of the molecule is Cc1cc(COc2ccc(C(=O)O)cn2)no1. The fraction of sp³-hybridized carbons (Fsp3) is 0.182. The molecule has 17 heavy (non-hydrogen) atoms. The van der Waals surface area contributed by atoms with E-state index >= 15 is 0 Å². The molecule has 88 valence electrons.